The number of carbonyl (C=O) groups is 1. The number of rotatable bonds is 9. The highest BCUT2D eigenvalue weighted by molar-refractivity contribution is 5.74. The van der Waals surface area contributed by atoms with Gasteiger partial charge in [-0.2, -0.15) is 0 Å². The number of aryl methyl sites for hydroxylation is 1. The number of allylic oxidation sites excluding steroid dienone is 4. The van der Waals surface area contributed by atoms with Crippen molar-refractivity contribution in [2.24, 2.45) is 0 Å². The van der Waals surface area contributed by atoms with Crippen LogP contribution in [0, 0.1) is 6.92 Å². The molecule has 24 heavy (non-hydrogen) atoms. The lowest BCUT2D eigenvalue weighted by Crippen LogP contribution is -2.00. The molecule has 0 saturated carbocycles. The topological polar surface area (TPSA) is 35.5 Å². The van der Waals surface area contributed by atoms with Crippen LogP contribution in [0.3, 0.4) is 0 Å². The first kappa shape index (κ1) is 19.8. The van der Waals surface area contributed by atoms with E-state index in [4.69, 9.17) is 9.47 Å². The van der Waals surface area contributed by atoms with Crippen molar-refractivity contribution >= 4 is 12.4 Å². The van der Waals surface area contributed by atoms with E-state index in [-0.39, 0.29) is 0 Å². The minimum Gasteiger partial charge on any atom is -0.493 e. The van der Waals surface area contributed by atoms with Gasteiger partial charge in [-0.1, -0.05) is 23.3 Å². The average Bonchev–Trinajstić information content (AvgIpc) is 2.53. The van der Waals surface area contributed by atoms with Crippen molar-refractivity contribution in [3.8, 4) is 11.5 Å². The lowest BCUT2D eigenvalue weighted by atomic mass is 10.1. The fraction of sp³-hybridized carbons (Fsp3) is 0.381. The zero-order valence-electron chi connectivity index (χ0n) is 15.4. The third-order valence-electron chi connectivity index (χ3n) is 3.60. The number of hydrogen-bond acceptors (Lipinski definition) is 3. The fourth-order valence-electron chi connectivity index (χ4n) is 2.31. The standard InChI is InChI=1S/C21H28O3/c1-16(2)8-6-9-17(3)11-13-24-21-18(4)14-19(10-7-12-22)15-20(21)23-5/h7-8,10-12,14-15H,6,9,13H2,1-5H3/b10-7+,17-11+. The second kappa shape index (κ2) is 10.5. The van der Waals surface area contributed by atoms with E-state index in [2.05, 4.69) is 32.9 Å². The van der Waals surface area contributed by atoms with E-state index in [1.165, 1.54) is 17.2 Å². The molecule has 0 heterocycles. The third kappa shape index (κ3) is 6.86. The van der Waals surface area contributed by atoms with Crippen molar-refractivity contribution in [1.29, 1.82) is 0 Å². The third-order valence-corrected chi connectivity index (χ3v) is 3.60. The molecule has 0 amide bonds. The van der Waals surface area contributed by atoms with Gasteiger partial charge in [0.2, 0.25) is 0 Å². The van der Waals surface area contributed by atoms with Crippen LogP contribution in [-0.4, -0.2) is 20.0 Å². The van der Waals surface area contributed by atoms with Crippen LogP contribution in [0.5, 0.6) is 11.5 Å². The maximum atomic E-state index is 10.4. The monoisotopic (exact) mass is 328 g/mol. The average molecular weight is 328 g/mol. The van der Waals surface area contributed by atoms with Crippen molar-refractivity contribution in [1.82, 2.24) is 0 Å². The van der Waals surface area contributed by atoms with Crippen molar-refractivity contribution in [2.75, 3.05) is 13.7 Å². The molecular formula is C21H28O3. The molecule has 0 aliphatic heterocycles. The van der Waals surface area contributed by atoms with E-state index in [0.29, 0.717) is 12.4 Å². The van der Waals surface area contributed by atoms with Crippen LogP contribution in [-0.2, 0) is 4.79 Å². The fourth-order valence-corrected chi connectivity index (χ4v) is 2.31. The van der Waals surface area contributed by atoms with E-state index in [1.54, 1.807) is 13.2 Å². The zero-order valence-corrected chi connectivity index (χ0v) is 15.4. The molecule has 0 bridgehead atoms. The van der Waals surface area contributed by atoms with Crippen molar-refractivity contribution in [2.45, 2.75) is 40.5 Å². The lowest BCUT2D eigenvalue weighted by molar-refractivity contribution is -0.104. The number of carbonyl (C=O) groups excluding carboxylic acids is 1. The van der Waals surface area contributed by atoms with Crippen molar-refractivity contribution in [3.63, 3.8) is 0 Å². The molecule has 0 atom stereocenters. The molecule has 0 aliphatic carbocycles. The predicted octanol–water partition coefficient (Wildman–Crippen LogP) is 5.29. The minimum atomic E-state index is 0.515. The Kier molecular flexibility index (Phi) is 8.63. The van der Waals surface area contributed by atoms with Gasteiger partial charge in [0.25, 0.3) is 0 Å². The highest BCUT2D eigenvalue weighted by Crippen LogP contribution is 2.33. The first-order chi connectivity index (χ1) is 11.5. The lowest BCUT2D eigenvalue weighted by Gasteiger charge is -2.13. The van der Waals surface area contributed by atoms with E-state index in [9.17, 15) is 4.79 Å². The Morgan fingerprint density at radius 2 is 1.92 bits per heavy atom. The molecule has 0 spiro atoms. The molecule has 0 aromatic heterocycles. The highest BCUT2D eigenvalue weighted by Gasteiger charge is 2.09. The molecule has 1 rings (SSSR count). The molecule has 0 fully saturated rings. The SMILES string of the molecule is COc1cc(/C=C/C=O)cc(C)c1OC/C=C(\C)CCC=C(C)C. The molecule has 130 valence electrons. The Bertz CT molecular complexity index is 633. The van der Waals surface area contributed by atoms with Crippen molar-refractivity contribution in [3.05, 3.63) is 52.6 Å². The van der Waals surface area contributed by atoms with Gasteiger partial charge in [-0.15, -0.1) is 0 Å². The summed E-state index contributed by atoms with van der Waals surface area (Å²) >= 11 is 0. The summed E-state index contributed by atoms with van der Waals surface area (Å²) in [6.07, 6.45) is 10.4. The second-order valence-electron chi connectivity index (χ2n) is 6.05. The number of aldehydes is 1. The molecule has 1 aromatic carbocycles. The summed E-state index contributed by atoms with van der Waals surface area (Å²) in [6, 6.07) is 3.84. The van der Waals surface area contributed by atoms with E-state index in [0.717, 1.165) is 36.0 Å². The summed E-state index contributed by atoms with van der Waals surface area (Å²) in [7, 11) is 1.62. The predicted molar refractivity (Wildman–Crippen MR) is 101 cm³/mol. The van der Waals surface area contributed by atoms with E-state index >= 15 is 0 Å². The van der Waals surface area contributed by atoms with Crippen LogP contribution in [0.25, 0.3) is 6.08 Å². The molecule has 0 unspecified atom stereocenters. The Morgan fingerprint density at radius 1 is 1.17 bits per heavy atom. The van der Waals surface area contributed by atoms with Crippen LogP contribution < -0.4 is 9.47 Å². The molecule has 0 N–H and O–H groups in total. The molecule has 0 saturated heterocycles. The van der Waals surface area contributed by atoms with Gasteiger partial charge in [-0.3, -0.25) is 4.79 Å². The number of methoxy groups -OCH3 is 1. The van der Waals surface area contributed by atoms with Gasteiger partial charge in [0.15, 0.2) is 11.5 Å². The van der Waals surface area contributed by atoms with Crippen LogP contribution >= 0.6 is 0 Å². The van der Waals surface area contributed by atoms with Crippen LogP contribution in [0.4, 0.5) is 0 Å². The summed E-state index contributed by atoms with van der Waals surface area (Å²) in [5, 5.41) is 0. The second-order valence-corrected chi connectivity index (χ2v) is 6.05. The Hall–Kier alpha value is -2.29. The van der Waals surface area contributed by atoms with Gasteiger partial charge in [0.1, 0.15) is 12.9 Å². The maximum Gasteiger partial charge on any atom is 0.164 e. The Labute approximate surface area is 145 Å². The minimum absolute atomic E-state index is 0.515. The highest BCUT2D eigenvalue weighted by atomic mass is 16.5. The van der Waals surface area contributed by atoms with Gasteiger partial charge < -0.3 is 9.47 Å². The first-order valence-electron chi connectivity index (χ1n) is 8.20. The van der Waals surface area contributed by atoms with Gasteiger partial charge >= 0.3 is 0 Å². The molecule has 0 aliphatic rings. The Balaban J connectivity index is 2.75. The zero-order chi connectivity index (χ0) is 17.9. The molecule has 3 nitrogen and oxygen atoms in total. The number of hydrogen-bond donors (Lipinski definition) is 0. The number of ether oxygens (including phenoxy) is 2. The van der Waals surface area contributed by atoms with Gasteiger partial charge in [0, 0.05) is 0 Å². The van der Waals surface area contributed by atoms with Gasteiger partial charge in [0.05, 0.1) is 7.11 Å². The summed E-state index contributed by atoms with van der Waals surface area (Å²) < 4.78 is 11.3. The molecule has 0 radical (unpaired) electrons. The maximum absolute atomic E-state index is 10.4. The van der Waals surface area contributed by atoms with Crippen LogP contribution in [0.1, 0.15) is 44.7 Å². The summed E-state index contributed by atoms with van der Waals surface area (Å²) in [5.41, 5.74) is 4.56. The molecular weight excluding hydrogens is 300 g/mol. The molecule has 1 aromatic rings. The normalized spacial score (nSPS) is 11.5. The summed E-state index contributed by atoms with van der Waals surface area (Å²) in [6.45, 7) is 8.85. The van der Waals surface area contributed by atoms with Crippen LogP contribution in [0.15, 0.2) is 41.5 Å². The van der Waals surface area contributed by atoms with Gasteiger partial charge in [-0.05, 0) is 75.9 Å². The summed E-state index contributed by atoms with van der Waals surface area (Å²) in [5.74, 6) is 1.42. The molecule has 3 heteroatoms. The Morgan fingerprint density at radius 3 is 2.54 bits per heavy atom. The quantitative estimate of drug-likeness (QED) is 0.351. The number of benzene rings is 1. The van der Waals surface area contributed by atoms with Crippen molar-refractivity contribution < 1.29 is 14.3 Å². The summed E-state index contributed by atoms with van der Waals surface area (Å²) in [4.78, 5) is 10.4. The van der Waals surface area contributed by atoms with E-state index < -0.39 is 0 Å². The smallest absolute Gasteiger partial charge is 0.164 e. The first-order valence-corrected chi connectivity index (χ1v) is 8.20. The largest absolute Gasteiger partial charge is 0.493 e. The van der Waals surface area contributed by atoms with E-state index in [1.807, 2.05) is 19.1 Å². The van der Waals surface area contributed by atoms with Gasteiger partial charge in [-0.25, -0.2) is 0 Å². The van der Waals surface area contributed by atoms with Crippen LogP contribution in [0.2, 0.25) is 0 Å².